The molecule has 0 bridgehead atoms. The van der Waals surface area contributed by atoms with Crippen molar-refractivity contribution in [1.82, 2.24) is 9.21 Å². The predicted molar refractivity (Wildman–Crippen MR) is 94.0 cm³/mol. The van der Waals surface area contributed by atoms with Gasteiger partial charge in [0.05, 0.1) is 0 Å². The SMILES string of the molecule is Cl.O=S(=O)(c1cc(F)ccc1F)N1CCN(Cc2cccc(F)c2)CC1. The quantitative estimate of drug-likeness (QED) is 0.783. The highest BCUT2D eigenvalue weighted by Gasteiger charge is 2.31. The van der Waals surface area contributed by atoms with E-state index in [1.807, 2.05) is 4.90 Å². The van der Waals surface area contributed by atoms with E-state index in [0.717, 1.165) is 22.0 Å². The highest BCUT2D eigenvalue weighted by atomic mass is 35.5. The summed E-state index contributed by atoms with van der Waals surface area (Å²) in [4.78, 5) is 1.34. The highest BCUT2D eigenvalue weighted by Crippen LogP contribution is 2.22. The highest BCUT2D eigenvalue weighted by molar-refractivity contribution is 7.89. The molecule has 0 spiro atoms. The van der Waals surface area contributed by atoms with Crippen LogP contribution in [0.4, 0.5) is 13.2 Å². The van der Waals surface area contributed by atoms with Gasteiger partial charge in [-0.15, -0.1) is 12.4 Å². The Morgan fingerprint density at radius 1 is 0.885 bits per heavy atom. The molecule has 0 saturated carbocycles. The maximum atomic E-state index is 13.8. The predicted octanol–water partition coefficient (Wildman–Crippen LogP) is 3.03. The van der Waals surface area contributed by atoms with Crippen LogP contribution in [0.2, 0.25) is 0 Å². The monoisotopic (exact) mass is 406 g/mol. The summed E-state index contributed by atoms with van der Waals surface area (Å²) in [5.41, 5.74) is 0.799. The summed E-state index contributed by atoms with van der Waals surface area (Å²) in [5.74, 6) is -2.09. The molecule has 2 aromatic rings. The van der Waals surface area contributed by atoms with Crippen LogP contribution >= 0.6 is 12.4 Å². The van der Waals surface area contributed by atoms with Crippen LogP contribution in [0.1, 0.15) is 5.56 Å². The average Bonchev–Trinajstić information content (AvgIpc) is 2.57. The fourth-order valence-electron chi connectivity index (χ4n) is 2.84. The summed E-state index contributed by atoms with van der Waals surface area (Å²) in [6.45, 7) is 1.67. The molecule has 1 fully saturated rings. The van der Waals surface area contributed by atoms with Gasteiger partial charge in [-0.05, 0) is 35.9 Å². The van der Waals surface area contributed by atoms with Gasteiger partial charge in [0.15, 0.2) is 0 Å². The van der Waals surface area contributed by atoms with Crippen LogP contribution in [0.5, 0.6) is 0 Å². The first-order valence-electron chi connectivity index (χ1n) is 7.78. The van der Waals surface area contributed by atoms with Gasteiger partial charge in [-0.25, -0.2) is 21.6 Å². The minimum absolute atomic E-state index is 0. The number of halogens is 4. The first-order valence-corrected chi connectivity index (χ1v) is 9.22. The molecule has 1 aliphatic rings. The second-order valence-electron chi connectivity index (χ2n) is 5.88. The van der Waals surface area contributed by atoms with Crippen LogP contribution < -0.4 is 0 Å². The number of hydrogen-bond acceptors (Lipinski definition) is 3. The molecule has 1 heterocycles. The molecule has 1 aliphatic heterocycles. The molecule has 3 rings (SSSR count). The molecule has 26 heavy (non-hydrogen) atoms. The van der Waals surface area contributed by atoms with Crippen LogP contribution in [0.15, 0.2) is 47.4 Å². The topological polar surface area (TPSA) is 40.6 Å². The Morgan fingerprint density at radius 2 is 1.54 bits per heavy atom. The zero-order valence-electron chi connectivity index (χ0n) is 13.7. The van der Waals surface area contributed by atoms with Crippen LogP contribution in [0.3, 0.4) is 0 Å². The van der Waals surface area contributed by atoms with E-state index < -0.39 is 26.6 Å². The van der Waals surface area contributed by atoms with Gasteiger partial charge in [0.25, 0.3) is 0 Å². The zero-order chi connectivity index (χ0) is 18.0. The summed E-state index contributed by atoms with van der Waals surface area (Å²) in [6, 6.07) is 8.61. The fourth-order valence-corrected chi connectivity index (χ4v) is 4.33. The van der Waals surface area contributed by atoms with Crippen molar-refractivity contribution in [2.75, 3.05) is 26.2 Å². The third-order valence-electron chi connectivity index (χ3n) is 4.14. The van der Waals surface area contributed by atoms with E-state index in [2.05, 4.69) is 0 Å². The Labute approximate surface area is 156 Å². The lowest BCUT2D eigenvalue weighted by molar-refractivity contribution is 0.181. The van der Waals surface area contributed by atoms with Crippen LogP contribution in [0, 0.1) is 17.5 Å². The van der Waals surface area contributed by atoms with Crippen LogP contribution in [-0.4, -0.2) is 43.8 Å². The summed E-state index contributed by atoms with van der Waals surface area (Å²) in [5, 5.41) is 0. The van der Waals surface area contributed by atoms with Crippen LogP contribution in [-0.2, 0) is 16.6 Å². The number of hydrogen-bond donors (Lipinski definition) is 0. The van der Waals surface area contributed by atoms with E-state index in [1.165, 1.54) is 12.1 Å². The Kier molecular flexibility index (Phi) is 6.68. The van der Waals surface area contributed by atoms with Gasteiger partial charge in [-0.2, -0.15) is 4.31 Å². The summed E-state index contributed by atoms with van der Waals surface area (Å²) < 4.78 is 66.5. The van der Waals surface area contributed by atoms with E-state index in [9.17, 15) is 21.6 Å². The van der Waals surface area contributed by atoms with E-state index in [4.69, 9.17) is 0 Å². The Bertz CT molecular complexity index is 872. The smallest absolute Gasteiger partial charge is 0.246 e. The van der Waals surface area contributed by atoms with Gasteiger partial charge in [0, 0.05) is 32.7 Å². The van der Waals surface area contributed by atoms with Gasteiger partial charge in [0.1, 0.15) is 22.3 Å². The molecule has 0 amide bonds. The number of rotatable bonds is 4. The molecular formula is C17H18ClF3N2O2S. The first kappa shape index (κ1) is 20.7. The third kappa shape index (κ3) is 4.56. The standard InChI is InChI=1S/C17H17F3N2O2S.ClH/c18-14-3-1-2-13(10-14)12-21-6-8-22(9-7-21)25(23,24)17-11-15(19)4-5-16(17)20;/h1-5,10-11H,6-9,12H2;1H. The number of benzene rings is 2. The summed E-state index contributed by atoms with van der Waals surface area (Å²) >= 11 is 0. The van der Waals surface area contributed by atoms with Crippen molar-refractivity contribution in [2.45, 2.75) is 11.4 Å². The first-order chi connectivity index (χ1) is 11.9. The largest absolute Gasteiger partial charge is 0.296 e. The number of nitrogens with zero attached hydrogens (tertiary/aromatic N) is 2. The van der Waals surface area contributed by atoms with Gasteiger partial charge >= 0.3 is 0 Å². The molecule has 1 saturated heterocycles. The van der Waals surface area contributed by atoms with E-state index in [1.54, 1.807) is 12.1 Å². The van der Waals surface area contributed by atoms with Crippen molar-refractivity contribution in [2.24, 2.45) is 0 Å². The second kappa shape index (κ2) is 8.39. The number of piperazine rings is 1. The van der Waals surface area contributed by atoms with Crippen molar-refractivity contribution in [3.63, 3.8) is 0 Å². The van der Waals surface area contributed by atoms with Gasteiger partial charge in [-0.3, -0.25) is 4.90 Å². The molecule has 0 radical (unpaired) electrons. The van der Waals surface area contributed by atoms with E-state index in [-0.39, 0.29) is 31.3 Å². The Balaban J connectivity index is 0.00000243. The van der Waals surface area contributed by atoms with Crippen molar-refractivity contribution < 1.29 is 21.6 Å². The normalized spacial score (nSPS) is 16.3. The molecule has 0 aliphatic carbocycles. The molecule has 2 aromatic carbocycles. The lowest BCUT2D eigenvalue weighted by Gasteiger charge is -2.34. The van der Waals surface area contributed by atoms with Crippen LogP contribution in [0.25, 0.3) is 0 Å². The second-order valence-corrected chi connectivity index (χ2v) is 7.79. The maximum absolute atomic E-state index is 13.8. The molecule has 4 nitrogen and oxygen atoms in total. The van der Waals surface area contributed by atoms with Crippen molar-refractivity contribution in [1.29, 1.82) is 0 Å². The Hall–Kier alpha value is -1.61. The molecule has 142 valence electrons. The van der Waals surface area contributed by atoms with Crippen molar-refractivity contribution >= 4 is 22.4 Å². The van der Waals surface area contributed by atoms with Gasteiger partial charge in [0.2, 0.25) is 10.0 Å². The third-order valence-corrected chi connectivity index (χ3v) is 6.05. The maximum Gasteiger partial charge on any atom is 0.246 e. The summed E-state index contributed by atoms with van der Waals surface area (Å²) in [6.07, 6.45) is 0. The zero-order valence-corrected chi connectivity index (χ0v) is 15.4. The van der Waals surface area contributed by atoms with E-state index >= 15 is 0 Å². The molecular weight excluding hydrogens is 389 g/mol. The molecule has 0 aromatic heterocycles. The molecule has 0 unspecified atom stereocenters. The van der Waals surface area contributed by atoms with Gasteiger partial charge in [-0.1, -0.05) is 12.1 Å². The van der Waals surface area contributed by atoms with Gasteiger partial charge < -0.3 is 0 Å². The lowest BCUT2D eigenvalue weighted by Crippen LogP contribution is -2.48. The fraction of sp³-hybridized carbons (Fsp3) is 0.294. The molecule has 9 heteroatoms. The number of sulfonamides is 1. The summed E-state index contributed by atoms with van der Waals surface area (Å²) in [7, 11) is -4.09. The minimum Gasteiger partial charge on any atom is -0.296 e. The lowest BCUT2D eigenvalue weighted by atomic mass is 10.2. The molecule has 0 atom stereocenters. The minimum atomic E-state index is -4.09. The van der Waals surface area contributed by atoms with Crippen molar-refractivity contribution in [3.05, 3.63) is 65.5 Å². The van der Waals surface area contributed by atoms with E-state index in [0.29, 0.717) is 25.7 Å². The molecule has 0 N–H and O–H groups in total. The Morgan fingerprint density at radius 3 is 2.19 bits per heavy atom. The van der Waals surface area contributed by atoms with Crippen molar-refractivity contribution in [3.8, 4) is 0 Å². The average molecular weight is 407 g/mol.